The summed E-state index contributed by atoms with van der Waals surface area (Å²) < 4.78 is 5.17. The Balaban J connectivity index is 2.35. The summed E-state index contributed by atoms with van der Waals surface area (Å²) in [5, 5.41) is 0. The van der Waals surface area contributed by atoms with E-state index in [4.69, 9.17) is 4.74 Å². The maximum absolute atomic E-state index is 5.17. The van der Waals surface area contributed by atoms with Crippen molar-refractivity contribution in [3.05, 3.63) is 6.92 Å². The van der Waals surface area contributed by atoms with Gasteiger partial charge in [0, 0.05) is 19.7 Å². The molecule has 1 saturated heterocycles. The van der Waals surface area contributed by atoms with E-state index in [1.54, 1.807) is 7.11 Å². The van der Waals surface area contributed by atoms with Gasteiger partial charge < -0.3 is 9.64 Å². The molecule has 2 unspecified atom stereocenters. The van der Waals surface area contributed by atoms with Crippen LogP contribution < -0.4 is 0 Å². The van der Waals surface area contributed by atoms with Crippen molar-refractivity contribution in [2.24, 2.45) is 0 Å². The molecule has 0 aliphatic carbocycles. The lowest BCUT2D eigenvalue weighted by molar-refractivity contribution is 0.111. The Kier molecular flexibility index (Phi) is 2.09. The van der Waals surface area contributed by atoms with Gasteiger partial charge in [0.2, 0.25) is 0 Å². The second-order valence-corrected chi connectivity index (χ2v) is 2.69. The molecule has 0 spiro atoms. The zero-order chi connectivity index (χ0) is 6.85. The third kappa shape index (κ3) is 1.43. The minimum Gasteiger partial charge on any atom is -0.380 e. The van der Waals surface area contributed by atoms with Crippen molar-refractivity contribution in [1.82, 2.24) is 4.90 Å². The molecule has 1 aliphatic heterocycles. The van der Waals surface area contributed by atoms with Gasteiger partial charge in [0.25, 0.3) is 0 Å². The summed E-state index contributed by atoms with van der Waals surface area (Å²) in [6, 6.07) is 0.454. The van der Waals surface area contributed by atoms with Crippen molar-refractivity contribution in [3.8, 4) is 0 Å². The Morgan fingerprint density at radius 1 is 1.67 bits per heavy atom. The molecular weight excluding hydrogens is 114 g/mol. The molecule has 0 saturated carbocycles. The highest BCUT2D eigenvalue weighted by molar-refractivity contribution is 4.84. The lowest BCUT2D eigenvalue weighted by Gasteiger charge is -2.11. The summed E-state index contributed by atoms with van der Waals surface area (Å²) in [6.45, 7) is 5.00. The molecular formula is C7H14NO. The van der Waals surface area contributed by atoms with Gasteiger partial charge in [0.15, 0.2) is 0 Å². The first-order valence-electron chi connectivity index (χ1n) is 3.30. The van der Waals surface area contributed by atoms with E-state index in [1.807, 2.05) is 0 Å². The fourth-order valence-corrected chi connectivity index (χ4v) is 1.20. The lowest BCUT2D eigenvalue weighted by Crippen LogP contribution is -2.22. The molecule has 0 N–H and O–H groups in total. The number of likely N-dealkylation sites (N-methyl/N-ethyl adjacent to an activating group) is 1. The summed E-state index contributed by atoms with van der Waals surface area (Å²) >= 11 is 0. The number of hydrogen-bond donors (Lipinski definition) is 0. The second kappa shape index (κ2) is 2.67. The monoisotopic (exact) mass is 128 g/mol. The molecule has 1 rings (SSSR count). The van der Waals surface area contributed by atoms with Crippen LogP contribution in [0.25, 0.3) is 0 Å². The van der Waals surface area contributed by atoms with E-state index in [0.717, 1.165) is 13.0 Å². The third-order valence-corrected chi connectivity index (χ3v) is 1.98. The summed E-state index contributed by atoms with van der Waals surface area (Å²) in [6.07, 6.45) is 1.49. The summed E-state index contributed by atoms with van der Waals surface area (Å²) in [5.41, 5.74) is 0. The molecule has 2 heteroatoms. The molecule has 1 heterocycles. The van der Waals surface area contributed by atoms with Gasteiger partial charge in [0.05, 0.1) is 6.10 Å². The van der Waals surface area contributed by atoms with Crippen molar-refractivity contribution in [1.29, 1.82) is 0 Å². The highest BCUT2D eigenvalue weighted by Gasteiger charge is 2.25. The third-order valence-electron chi connectivity index (χ3n) is 1.98. The molecule has 1 aliphatic rings. The molecule has 53 valence electrons. The van der Waals surface area contributed by atoms with Gasteiger partial charge in [-0.1, -0.05) is 0 Å². The zero-order valence-corrected chi connectivity index (χ0v) is 6.13. The van der Waals surface area contributed by atoms with Crippen molar-refractivity contribution in [2.75, 3.05) is 20.7 Å². The summed E-state index contributed by atoms with van der Waals surface area (Å²) in [5.74, 6) is 0. The SMILES string of the molecule is [CH2]C1CC(OC)CN1C. The Labute approximate surface area is 56.8 Å². The second-order valence-electron chi connectivity index (χ2n) is 2.69. The Hall–Kier alpha value is -0.0800. The Bertz CT molecular complexity index is 84.9. The molecule has 0 aromatic heterocycles. The minimum atomic E-state index is 0.414. The normalized spacial score (nSPS) is 37.7. The topological polar surface area (TPSA) is 12.5 Å². The molecule has 9 heavy (non-hydrogen) atoms. The van der Waals surface area contributed by atoms with Gasteiger partial charge >= 0.3 is 0 Å². The summed E-state index contributed by atoms with van der Waals surface area (Å²) in [7, 11) is 3.84. The van der Waals surface area contributed by atoms with Crippen molar-refractivity contribution in [2.45, 2.75) is 18.6 Å². The number of ether oxygens (including phenoxy) is 1. The van der Waals surface area contributed by atoms with Crippen LogP contribution in [-0.4, -0.2) is 37.7 Å². The molecule has 0 bridgehead atoms. The van der Waals surface area contributed by atoms with Gasteiger partial charge in [-0.3, -0.25) is 0 Å². The molecule has 0 amide bonds. The van der Waals surface area contributed by atoms with Crippen LogP contribution in [0.4, 0.5) is 0 Å². The quantitative estimate of drug-likeness (QED) is 0.511. The van der Waals surface area contributed by atoms with Crippen molar-refractivity contribution < 1.29 is 4.74 Å². The fraction of sp³-hybridized carbons (Fsp3) is 0.857. The van der Waals surface area contributed by atoms with Gasteiger partial charge in [0.1, 0.15) is 0 Å². The van der Waals surface area contributed by atoms with Crippen molar-refractivity contribution in [3.63, 3.8) is 0 Å². The number of methoxy groups -OCH3 is 1. The zero-order valence-electron chi connectivity index (χ0n) is 6.13. The predicted molar refractivity (Wildman–Crippen MR) is 37.2 cm³/mol. The highest BCUT2D eigenvalue weighted by Crippen LogP contribution is 2.16. The number of nitrogens with zero attached hydrogens (tertiary/aromatic N) is 1. The summed E-state index contributed by atoms with van der Waals surface area (Å²) in [4.78, 5) is 2.22. The lowest BCUT2D eigenvalue weighted by atomic mass is 10.2. The van der Waals surface area contributed by atoms with Crippen LogP contribution in [0.15, 0.2) is 0 Å². The first-order chi connectivity index (χ1) is 4.24. The van der Waals surface area contributed by atoms with E-state index in [0.29, 0.717) is 12.1 Å². The molecule has 1 radical (unpaired) electrons. The standard InChI is InChI=1S/C7H14NO/c1-6-4-7(9-3)5-8(6)2/h6-7H,1,4-5H2,2-3H3. The number of hydrogen-bond acceptors (Lipinski definition) is 2. The van der Waals surface area contributed by atoms with Gasteiger partial charge in [-0.15, -0.1) is 0 Å². The molecule has 2 nitrogen and oxygen atoms in total. The van der Waals surface area contributed by atoms with E-state index < -0.39 is 0 Å². The van der Waals surface area contributed by atoms with E-state index in [2.05, 4.69) is 18.9 Å². The average Bonchev–Trinajstić information content (AvgIpc) is 2.13. The largest absolute Gasteiger partial charge is 0.380 e. The average molecular weight is 128 g/mol. The van der Waals surface area contributed by atoms with E-state index in [9.17, 15) is 0 Å². The van der Waals surface area contributed by atoms with Gasteiger partial charge in [-0.25, -0.2) is 0 Å². The first-order valence-corrected chi connectivity index (χ1v) is 3.30. The minimum absolute atomic E-state index is 0.414. The molecule has 2 atom stereocenters. The molecule has 0 aromatic carbocycles. The fourth-order valence-electron chi connectivity index (χ4n) is 1.20. The van der Waals surface area contributed by atoms with Gasteiger partial charge in [-0.2, -0.15) is 0 Å². The van der Waals surface area contributed by atoms with Crippen LogP contribution in [0.1, 0.15) is 6.42 Å². The van der Waals surface area contributed by atoms with Gasteiger partial charge in [-0.05, 0) is 20.4 Å². The molecule has 1 fully saturated rings. The van der Waals surface area contributed by atoms with Crippen LogP contribution in [0.3, 0.4) is 0 Å². The first kappa shape index (κ1) is 7.03. The van der Waals surface area contributed by atoms with Crippen LogP contribution in [0.5, 0.6) is 0 Å². The maximum Gasteiger partial charge on any atom is 0.0713 e. The van der Waals surface area contributed by atoms with Crippen LogP contribution in [0, 0.1) is 6.92 Å². The maximum atomic E-state index is 5.17. The number of likely N-dealkylation sites (tertiary alicyclic amines) is 1. The van der Waals surface area contributed by atoms with E-state index in [1.165, 1.54) is 0 Å². The van der Waals surface area contributed by atoms with E-state index >= 15 is 0 Å². The predicted octanol–water partition coefficient (Wildman–Crippen LogP) is 0.540. The molecule has 0 aromatic rings. The van der Waals surface area contributed by atoms with Crippen molar-refractivity contribution >= 4 is 0 Å². The highest BCUT2D eigenvalue weighted by atomic mass is 16.5. The van der Waals surface area contributed by atoms with Crippen LogP contribution >= 0.6 is 0 Å². The Morgan fingerprint density at radius 2 is 2.33 bits per heavy atom. The van der Waals surface area contributed by atoms with Crippen LogP contribution in [-0.2, 0) is 4.74 Å². The van der Waals surface area contributed by atoms with Crippen LogP contribution in [0.2, 0.25) is 0 Å². The Morgan fingerprint density at radius 3 is 2.56 bits per heavy atom. The smallest absolute Gasteiger partial charge is 0.0713 e. The van der Waals surface area contributed by atoms with E-state index in [-0.39, 0.29) is 0 Å². The number of rotatable bonds is 1.